The van der Waals surface area contributed by atoms with Gasteiger partial charge in [-0.05, 0) is 66.2 Å². The fourth-order valence-corrected chi connectivity index (χ4v) is 3.39. The number of ether oxygens (including phenoxy) is 2. The van der Waals surface area contributed by atoms with Crippen molar-refractivity contribution in [3.05, 3.63) is 88.2 Å². The summed E-state index contributed by atoms with van der Waals surface area (Å²) in [4.78, 5) is 24.7. The lowest BCUT2D eigenvalue weighted by Crippen LogP contribution is -2.20. The molecule has 0 saturated heterocycles. The van der Waals surface area contributed by atoms with Crippen molar-refractivity contribution < 1.29 is 36.6 Å². The highest BCUT2D eigenvalue weighted by Crippen LogP contribution is 2.37. The van der Waals surface area contributed by atoms with Crippen molar-refractivity contribution in [1.29, 1.82) is 5.26 Å². The van der Waals surface area contributed by atoms with Crippen LogP contribution in [0.15, 0.2) is 66.2 Å². The molecule has 0 fully saturated rings. The fourth-order valence-electron chi connectivity index (χ4n) is 3.12. The van der Waals surface area contributed by atoms with Gasteiger partial charge in [-0.15, -0.1) is 0 Å². The lowest BCUT2D eigenvalue weighted by molar-refractivity contribution is -0.137. The molecule has 196 valence electrons. The summed E-state index contributed by atoms with van der Waals surface area (Å²) in [7, 11) is 1.30. The van der Waals surface area contributed by atoms with Crippen molar-refractivity contribution in [2.75, 3.05) is 24.4 Å². The van der Waals surface area contributed by atoms with E-state index in [1.54, 1.807) is 6.07 Å². The zero-order chi connectivity index (χ0) is 27.9. The van der Waals surface area contributed by atoms with Crippen LogP contribution in [0, 0.1) is 17.1 Å². The van der Waals surface area contributed by atoms with Gasteiger partial charge in [-0.1, -0.05) is 17.7 Å². The van der Waals surface area contributed by atoms with Crippen LogP contribution in [0.3, 0.4) is 0 Å². The number of hydrogen-bond donors (Lipinski definition) is 2. The molecule has 0 aromatic heterocycles. The second kappa shape index (κ2) is 12.1. The molecule has 0 heterocycles. The van der Waals surface area contributed by atoms with Crippen LogP contribution in [0.25, 0.3) is 6.08 Å². The monoisotopic (exact) mass is 547 g/mol. The second-order valence-corrected chi connectivity index (χ2v) is 7.99. The highest BCUT2D eigenvalue weighted by molar-refractivity contribution is 6.32. The Kier molecular flexibility index (Phi) is 8.94. The largest absolute Gasteiger partial charge is 0.493 e. The van der Waals surface area contributed by atoms with Gasteiger partial charge in [0.2, 0.25) is 0 Å². The van der Waals surface area contributed by atoms with Gasteiger partial charge in [0.15, 0.2) is 18.1 Å². The summed E-state index contributed by atoms with van der Waals surface area (Å²) in [5, 5.41) is 14.2. The molecule has 3 aromatic rings. The Labute approximate surface area is 219 Å². The number of nitrogens with zero attached hydrogens (tertiary/aromatic N) is 1. The van der Waals surface area contributed by atoms with Crippen molar-refractivity contribution in [3.8, 4) is 17.6 Å². The Morgan fingerprint density at radius 3 is 2.39 bits per heavy atom. The predicted molar refractivity (Wildman–Crippen MR) is 132 cm³/mol. The standard InChI is InChI=1S/C26H18ClF4N3O4/c1-37-22-11-15(9-16(13-32)25(36)34-20-4-2-3-17(12-20)26(29,30)31)10-21(27)24(22)38-14-23(35)33-19-7-5-18(28)6-8-19/h2-12H,14H2,1H3,(H,33,35)(H,34,36)/b16-9-. The first-order valence-electron chi connectivity index (χ1n) is 10.7. The average molecular weight is 548 g/mol. The number of nitriles is 1. The van der Waals surface area contributed by atoms with Crippen LogP contribution in [-0.2, 0) is 15.8 Å². The molecule has 0 saturated carbocycles. The molecule has 3 aromatic carbocycles. The van der Waals surface area contributed by atoms with Gasteiger partial charge < -0.3 is 20.1 Å². The molecule has 0 aliphatic rings. The number of hydrogen-bond acceptors (Lipinski definition) is 5. The molecule has 38 heavy (non-hydrogen) atoms. The Morgan fingerprint density at radius 1 is 1.05 bits per heavy atom. The van der Waals surface area contributed by atoms with Crippen molar-refractivity contribution in [2.45, 2.75) is 6.18 Å². The van der Waals surface area contributed by atoms with Gasteiger partial charge in [-0.2, -0.15) is 18.4 Å². The number of benzene rings is 3. The molecule has 0 bridgehead atoms. The van der Waals surface area contributed by atoms with Gasteiger partial charge in [0, 0.05) is 11.4 Å². The molecule has 0 atom stereocenters. The molecule has 0 aliphatic heterocycles. The third-order valence-corrected chi connectivity index (χ3v) is 5.13. The van der Waals surface area contributed by atoms with Crippen molar-refractivity contribution >= 4 is 40.9 Å². The van der Waals surface area contributed by atoms with Crippen LogP contribution < -0.4 is 20.1 Å². The van der Waals surface area contributed by atoms with Crippen molar-refractivity contribution in [3.63, 3.8) is 0 Å². The number of nitrogens with one attached hydrogen (secondary N) is 2. The number of anilines is 2. The van der Waals surface area contributed by atoms with Gasteiger partial charge in [-0.3, -0.25) is 9.59 Å². The van der Waals surface area contributed by atoms with E-state index < -0.39 is 41.6 Å². The van der Waals surface area contributed by atoms with Gasteiger partial charge in [0.25, 0.3) is 11.8 Å². The Balaban J connectivity index is 1.74. The minimum atomic E-state index is -4.60. The van der Waals surface area contributed by atoms with Crippen LogP contribution in [-0.4, -0.2) is 25.5 Å². The maximum atomic E-state index is 13.0. The highest BCUT2D eigenvalue weighted by Gasteiger charge is 2.30. The van der Waals surface area contributed by atoms with Crippen LogP contribution in [0.2, 0.25) is 5.02 Å². The number of methoxy groups -OCH3 is 1. The summed E-state index contributed by atoms with van der Waals surface area (Å²) in [6.45, 7) is -0.467. The summed E-state index contributed by atoms with van der Waals surface area (Å²) < 4.78 is 62.5. The Morgan fingerprint density at radius 2 is 1.76 bits per heavy atom. The summed E-state index contributed by atoms with van der Waals surface area (Å²) in [5.74, 6) is -1.88. The molecule has 2 N–H and O–H groups in total. The molecule has 12 heteroatoms. The van der Waals surface area contributed by atoms with E-state index in [0.29, 0.717) is 5.69 Å². The van der Waals surface area contributed by atoms with E-state index >= 15 is 0 Å². The number of halogens is 5. The zero-order valence-corrected chi connectivity index (χ0v) is 20.3. The molecular formula is C26H18ClF4N3O4. The summed E-state index contributed by atoms with van der Waals surface area (Å²) in [6, 6.07) is 13.5. The number of amides is 2. The molecule has 7 nitrogen and oxygen atoms in total. The van der Waals surface area contributed by atoms with Crippen LogP contribution >= 0.6 is 11.6 Å². The molecular weight excluding hydrogens is 530 g/mol. The molecule has 0 aliphatic carbocycles. The normalized spacial score (nSPS) is 11.3. The number of carbonyl (C=O) groups is 2. The summed E-state index contributed by atoms with van der Waals surface area (Å²) in [6.07, 6.45) is -3.45. The number of carbonyl (C=O) groups excluding carboxylic acids is 2. The SMILES string of the molecule is COc1cc(/C=C(/C#N)C(=O)Nc2cccc(C(F)(F)F)c2)cc(Cl)c1OCC(=O)Nc1ccc(F)cc1. The van der Waals surface area contributed by atoms with Crippen LogP contribution in [0.1, 0.15) is 11.1 Å². The van der Waals surface area contributed by atoms with E-state index in [-0.39, 0.29) is 27.8 Å². The first-order chi connectivity index (χ1) is 18.0. The van der Waals surface area contributed by atoms with E-state index in [0.717, 1.165) is 24.3 Å². The topological polar surface area (TPSA) is 100 Å². The minimum absolute atomic E-state index is 0.00694. The molecule has 0 spiro atoms. The van der Waals surface area contributed by atoms with Gasteiger partial charge in [0.05, 0.1) is 17.7 Å². The molecule has 0 radical (unpaired) electrons. The lowest BCUT2D eigenvalue weighted by atomic mass is 10.1. The molecule has 0 unspecified atom stereocenters. The molecule has 3 rings (SSSR count). The number of alkyl halides is 3. The van der Waals surface area contributed by atoms with Crippen LogP contribution in [0.4, 0.5) is 28.9 Å². The minimum Gasteiger partial charge on any atom is -0.493 e. The fraction of sp³-hybridized carbons (Fsp3) is 0.115. The van der Waals surface area contributed by atoms with E-state index in [2.05, 4.69) is 10.6 Å². The van der Waals surface area contributed by atoms with E-state index in [4.69, 9.17) is 21.1 Å². The average Bonchev–Trinajstić information content (AvgIpc) is 2.87. The predicted octanol–water partition coefficient (Wildman–Crippen LogP) is 6.07. The zero-order valence-electron chi connectivity index (χ0n) is 19.5. The highest BCUT2D eigenvalue weighted by atomic mass is 35.5. The van der Waals surface area contributed by atoms with Crippen molar-refractivity contribution in [1.82, 2.24) is 0 Å². The maximum absolute atomic E-state index is 13.0. The Bertz CT molecular complexity index is 1420. The lowest BCUT2D eigenvalue weighted by Gasteiger charge is -2.14. The van der Waals surface area contributed by atoms with E-state index in [9.17, 15) is 32.4 Å². The van der Waals surface area contributed by atoms with Crippen LogP contribution in [0.5, 0.6) is 11.5 Å². The second-order valence-electron chi connectivity index (χ2n) is 7.58. The van der Waals surface area contributed by atoms with Gasteiger partial charge >= 0.3 is 6.18 Å². The first kappa shape index (κ1) is 28.0. The Hall–Kier alpha value is -4.56. The summed E-state index contributed by atoms with van der Waals surface area (Å²) >= 11 is 6.27. The maximum Gasteiger partial charge on any atom is 0.416 e. The van der Waals surface area contributed by atoms with E-state index in [1.807, 2.05) is 0 Å². The third-order valence-electron chi connectivity index (χ3n) is 4.85. The van der Waals surface area contributed by atoms with Crippen molar-refractivity contribution in [2.24, 2.45) is 0 Å². The number of rotatable bonds is 8. The quantitative estimate of drug-likeness (QED) is 0.202. The van der Waals surface area contributed by atoms with Gasteiger partial charge in [-0.25, -0.2) is 4.39 Å². The first-order valence-corrected chi connectivity index (χ1v) is 11.0. The van der Waals surface area contributed by atoms with E-state index in [1.165, 1.54) is 49.6 Å². The smallest absolute Gasteiger partial charge is 0.416 e. The summed E-state index contributed by atoms with van der Waals surface area (Å²) in [5.41, 5.74) is -0.940. The molecule has 2 amide bonds. The third kappa shape index (κ3) is 7.47. The van der Waals surface area contributed by atoms with Gasteiger partial charge in [0.1, 0.15) is 17.5 Å².